The van der Waals surface area contributed by atoms with Gasteiger partial charge in [-0.1, -0.05) is 0 Å². The van der Waals surface area contributed by atoms with Crippen molar-refractivity contribution in [3.8, 4) is 0 Å². The molecule has 96 valence electrons. The molecule has 3 rings (SSSR count). The van der Waals surface area contributed by atoms with Gasteiger partial charge in [0.05, 0.1) is 6.20 Å². The number of benzene rings is 1. The highest BCUT2D eigenvalue weighted by molar-refractivity contribution is 6.01. The van der Waals surface area contributed by atoms with Gasteiger partial charge in [-0.25, -0.2) is 9.97 Å². The van der Waals surface area contributed by atoms with E-state index in [2.05, 4.69) is 15.3 Å². The minimum absolute atomic E-state index is 0.0360. The van der Waals surface area contributed by atoms with Crippen LogP contribution in [0, 0.1) is 13.8 Å². The summed E-state index contributed by atoms with van der Waals surface area (Å²) >= 11 is 0. The number of aromatic nitrogens is 2. The van der Waals surface area contributed by atoms with Gasteiger partial charge >= 0.3 is 5.91 Å². The topological polar surface area (TPSA) is 81.2 Å². The molecule has 0 spiro atoms. The highest BCUT2D eigenvalue weighted by Gasteiger charge is 2.13. The zero-order valence-corrected chi connectivity index (χ0v) is 10.4. The third-order valence-electron chi connectivity index (χ3n) is 2.57. The van der Waals surface area contributed by atoms with Crippen molar-refractivity contribution < 1.29 is 13.6 Å². The first kappa shape index (κ1) is 11.5. The molecule has 3 aromatic rings. The predicted molar refractivity (Wildman–Crippen MR) is 67.9 cm³/mol. The Kier molecular flexibility index (Phi) is 2.56. The fourth-order valence-electron chi connectivity index (χ4n) is 1.76. The Hall–Kier alpha value is -2.63. The summed E-state index contributed by atoms with van der Waals surface area (Å²) in [5.41, 5.74) is 1.99. The first-order valence-electron chi connectivity index (χ1n) is 5.73. The normalized spacial score (nSPS) is 10.8. The summed E-state index contributed by atoms with van der Waals surface area (Å²) in [4.78, 5) is 19.9. The van der Waals surface area contributed by atoms with Gasteiger partial charge < -0.3 is 14.2 Å². The van der Waals surface area contributed by atoms with E-state index in [4.69, 9.17) is 8.83 Å². The van der Waals surface area contributed by atoms with Crippen molar-refractivity contribution in [1.82, 2.24) is 9.97 Å². The van der Waals surface area contributed by atoms with Crippen molar-refractivity contribution in [3.05, 3.63) is 41.9 Å². The van der Waals surface area contributed by atoms with Crippen LogP contribution in [0.25, 0.3) is 11.1 Å². The molecule has 0 radical (unpaired) electrons. The number of oxazole rings is 2. The van der Waals surface area contributed by atoms with Gasteiger partial charge in [-0.3, -0.25) is 4.79 Å². The molecule has 0 bridgehead atoms. The van der Waals surface area contributed by atoms with Gasteiger partial charge in [0.25, 0.3) is 5.89 Å². The fraction of sp³-hybridized carbons (Fsp3) is 0.154. The Morgan fingerprint density at radius 1 is 1.26 bits per heavy atom. The molecular weight excluding hydrogens is 246 g/mol. The van der Waals surface area contributed by atoms with Crippen LogP contribution >= 0.6 is 0 Å². The van der Waals surface area contributed by atoms with Crippen LogP contribution in [0.15, 0.2) is 33.2 Å². The molecule has 1 N–H and O–H groups in total. The maximum Gasteiger partial charge on any atom is 0.311 e. The lowest BCUT2D eigenvalue weighted by molar-refractivity contribution is 0.0989. The number of rotatable bonds is 2. The van der Waals surface area contributed by atoms with E-state index < -0.39 is 5.91 Å². The summed E-state index contributed by atoms with van der Waals surface area (Å²) < 4.78 is 10.5. The van der Waals surface area contributed by atoms with E-state index in [-0.39, 0.29) is 5.89 Å². The molecule has 0 atom stereocenters. The summed E-state index contributed by atoms with van der Waals surface area (Å²) in [6.07, 6.45) is 1.50. The maximum absolute atomic E-state index is 11.9. The van der Waals surface area contributed by atoms with Crippen molar-refractivity contribution in [2.45, 2.75) is 13.8 Å². The summed E-state index contributed by atoms with van der Waals surface area (Å²) in [5.74, 6) is 0.816. The number of nitrogens with one attached hydrogen (secondary N) is 1. The number of carbonyl (C=O) groups excluding carboxylic acids is 1. The second kappa shape index (κ2) is 4.24. The molecule has 19 heavy (non-hydrogen) atoms. The molecule has 0 aliphatic carbocycles. The van der Waals surface area contributed by atoms with Crippen molar-refractivity contribution in [2.75, 3.05) is 5.32 Å². The van der Waals surface area contributed by atoms with Crippen molar-refractivity contribution in [1.29, 1.82) is 0 Å². The number of anilines is 1. The molecule has 0 aliphatic heterocycles. The van der Waals surface area contributed by atoms with Crippen molar-refractivity contribution >= 4 is 22.7 Å². The molecule has 0 aliphatic rings. The second-order valence-corrected chi connectivity index (χ2v) is 4.15. The number of hydrogen-bond donors (Lipinski definition) is 1. The molecule has 1 aromatic carbocycles. The largest absolute Gasteiger partial charge is 0.441 e. The Balaban J connectivity index is 1.86. The SMILES string of the molecule is Cc1cnc(C(=O)Nc2ccc3oc(C)nc3c2)o1. The van der Waals surface area contributed by atoms with E-state index in [1.165, 1.54) is 6.20 Å². The van der Waals surface area contributed by atoms with Gasteiger partial charge in [-0.05, 0) is 25.1 Å². The average molecular weight is 257 g/mol. The Labute approximate surface area is 108 Å². The van der Waals surface area contributed by atoms with Crippen molar-refractivity contribution in [3.63, 3.8) is 0 Å². The zero-order valence-electron chi connectivity index (χ0n) is 10.4. The lowest BCUT2D eigenvalue weighted by atomic mass is 10.3. The zero-order chi connectivity index (χ0) is 13.4. The summed E-state index contributed by atoms with van der Waals surface area (Å²) in [7, 11) is 0. The van der Waals surface area contributed by atoms with Crippen LogP contribution in [0.2, 0.25) is 0 Å². The van der Waals surface area contributed by atoms with Crippen LogP contribution in [0.5, 0.6) is 0 Å². The molecule has 6 nitrogen and oxygen atoms in total. The third kappa shape index (κ3) is 2.20. The van der Waals surface area contributed by atoms with Crippen LogP contribution in [-0.2, 0) is 0 Å². The monoisotopic (exact) mass is 257 g/mol. The molecule has 6 heteroatoms. The lowest BCUT2D eigenvalue weighted by Gasteiger charge is -2.01. The average Bonchev–Trinajstić information content (AvgIpc) is 2.93. The molecule has 0 saturated heterocycles. The first-order chi connectivity index (χ1) is 9.11. The molecule has 2 aromatic heterocycles. The predicted octanol–water partition coefficient (Wildman–Crippen LogP) is 2.68. The number of carbonyl (C=O) groups is 1. The maximum atomic E-state index is 11.9. The lowest BCUT2D eigenvalue weighted by Crippen LogP contribution is -2.12. The number of amides is 1. The van der Waals surface area contributed by atoms with Gasteiger partial charge in [0.1, 0.15) is 11.3 Å². The van der Waals surface area contributed by atoms with E-state index in [1.54, 1.807) is 32.0 Å². The summed E-state index contributed by atoms with van der Waals surface area (Å²) in [6, 6.07) is 5.23. The second-order valence-electron chi connectivity index (χ2n) is 4.15. The van der Waals surface area contributed by atoms with Gasteiger partial charge in [0.2, 0.25) is 0 Å². The van der Waals surface area contributed by atoms with Crippen LogP contribution in [0.1, 0.15) is 22.3 Å². The van der Waals surface area contributed by atoms with Crippen LogP contribution in [-0.4, -0.2) is 15.9 Å². The quantitative estimate of drug-likeness (QED) is 0.763. The molecule has 2 heterocycles. The molecule has 0 unspecified atom stereocenters. The smallest absolute Gasteiger partial charge is 0.311 e. The Morgan fingerprint density at radius 3 is 2.84 bits per heavy atom. The fourth-order valence-corrected chi connectivity index (χ4v) is 1.76. The van der Waals surface area contributed by atoms with Crippen LogP contribution in [0.4, 0.5) is 5.69 Å². The minimum atomic E-state index is -0.396. The van der Waals surface area contributed by atoms with Crippen LogP contribution < -0.4 is 5.32 Å². The van der Waals surface area contributed by atoms with Gasteiger partial charge in [-0.2, -0.15) is 0 Å². The molecule has 1 amide bonds. The standard InChI is InChI=1S/C13H11N3O3/c1-7-6-14-13(18-7)12(17)16-9-3-4-11-10(5-9)15-8(2)19-11/h3-6H,1-2H3,(H,16,17). The highest BCUT2D eigenvalue weighted by atomic mass is 16.4. The number of fused-ring (bicyclic) bond motifs is 1. The van der Waals surface area contributed by atoms with E-state index >= 15 is 0 Å². The number of aryl methyl sites for hydroxylation is 2. The first-order valence-corrected chi connectivity index (χ1v) is 5.73. The van der Waals surface area contributed by atoms with E-state index in [9.17, 15) is 4.79 Å². The summed E-state index contributed by atoms with van der Waals surface area (Å²) in [5, 5.41) is 2.70. The Bertz CT molecular complexity index is 757. The van der Waals surface area contributed by atoms with E-state index in [0.29, 0.717) is 28.4 Å². The third-order valence-corrected chi connectivity index (χ3v) is 2.57. The van der Waals surface area contributed by atoms with Crippen molar-refractivity contribution in [2.24, 2.45) is 0 Å². The molecular formula is C13H11N3O3. The minimum Gasteiger partial charge on any atom is -0.441 e. The van der Waals surface area contributed by atoms with Crippen LogP contribution in [0.3, 0.4) is 0 Å². The number of nitrogens with zero attached hydrogens (tertiary/aromatic N) is 2. The Morgan fingerprint density at radius 2 is 2.11 bits per heavy atom. The highest BCUT2D eigenvalue weighted by Crippen LogP contribution is 2.20. The van der Waals surface area contributed by atoms with Gasteiger partial charge in [0, 0.05) is 12.6 Å². The van der Waals surface area contributed by atoms with Gasteiger partial charge in [0.15, 0.2) is 11.5 Å². The van der Waals surface area contributed by atoms with E-state index in [1.807, 2.05) is 0 Å². The number of hydrogen-bond acceptors (Lipinski definition) is 5. The van der Waals surface area contributed by atoms with E-state index in [0.717, 1.165) is 0 Å². The van der Waals surface area contributed by atoms with Gasteiger partial charge in [-0.15, -0.1) is 0 Å². The molecule has 0 saturated carbocycles. The molecule has 0 fully saturated rings. The summed E-state index contributed by atoms with van der Waals surface area (Å²) in [6.45, 7) is 3.50.